The van der Waals surface area contributed by atoms with E-state index in [0.717, 1.165) is 48.4 Å². The lowest BCUT2D eigenvalue weighted by atomic mass is 10.1. The Kier molecular flexibility index (Phi) is 7.11. The van der Waals surface area contributed by atoms with Gasteiger partial charge in [0.2, 0.25) is 0 Å². The molecular weight excluding hydrogens is 380 g/mol. The van der Waals surface area contributed by atoms with Crippen molar-refractivity contribution in [1.82, 2.24) is 19.9 Å². The Morgan fingerprint density at radius 2 is 1.97 bits per heavy atom. The summed E-state index contributed by atoms with van der Waals surface area (Å²) in [4.78, 5) is 22.8. The molecule has 0 saturated heterocycles. The number of pyridine rings is 1. The fraction of sp³-hybridized carbons (Fsp3) is 0.409. The molecule has 3 N–H and O–H groups in total. The molecule has 0 bridgehead atoms. The first-order valence-corrected chi connectivity index (χ1v) is 10.2. The highest BCUT2D eigenvalue weighted by molar-refractivity contribution is 5.86. The summed E-state index contributed by atoms with van der Waals surface area (Å²) in [7, 11) is 3.87. The highest BCUT2D eigenvalue weighted by Crippen LogP contribution is 2.23. The average molecular weight is 411 g/mol. The number of aryl methyl sites for hydroxylation is 2. The van der Waals surface area contributed by atoms with Crippen molar-refractivity contribution in [2.24, 2.45) is 0 Å². The van der Waals surface area contributed by atoms with Gasteiger partial charge in [-0.25, -0.2) is 14.8 Å². The Labute approximate surface area is 177 Å². The van der Waals surface area contributed by atoms with Gasteiger partial charge in [-0.1, -0.05) is 29.8 Å². The number of carbonyl (C=O) groups is 1. The summed E-state index contributed by atoms with van der Waals surface area (Å²) < 4.78 is 7.27. The molecule has 160 valence electrons. The van der Waals surface area contributed by atoms with Crippen molar-refractivity contribution in [3.8, 4) is 0 Å². The van der Waals surface area contributed by atoms with Crippen molar-refractivity contribution in [3.63, 3.8) is 0 Å². The van der Waals surface area contributed by atoms with Crippen LogP contribution in [0.15, 0.2) is 36.7 Å². The largest absolute Gasteiger partial charge is 0.450 e. The number of unbranched alkanes of at least 4 members (excludes halogenated alkanes) is 2. The molecule has 30 heavy (non-hydrogen) atoms. The van der Waals surface area contributed by atoms with Gasteiger partial charge in [0, 0.05) is 33.3 Å². The molecule has 3 aromatic rings. The lowest BCUT2D eigenvalue weighted by Crippen LogP contribution is -2.24. The number of nitrogens with zero attached hydrogens (tertiary/aromatic N) is 4. The molecule has 0 radical (unpaired) electrons. The van der Waals surface area contributed by atoms with Crippen molar-refractivity contribution in [2.75, 3.05) is 31.3 Å². The SMILES string of the molecule is Cc1ccc(CNC(=O)OCCCCCn2cnc3c(N)cc(N(C)C)nc32)cc1. The lowest BCUT2D eigenvalue weighted by Gasteiger charge is -2.12. The third-order valence-electron chi connectivity index (χ3n) is 4.88. The van der Waals surface area contributed by atoms with Crippen LogP contribution in [0.5, 0.6) is 0 Å². The lowest BCUT2D eigenvalue weighted by molar-refractivity contribution is 0.143. The first kappa shape index (κ1) is 21.4. The van der Waals surface area contributed by atoms with Crippen molar-refractivity contribution < 1.29 is 9.53 Å². The van der Waals surface area contributed by atoms with Gasteiger partial charge in [-0.05, 0) is 31.7 Å². The first-order chi connectivity index (χ1) is 14.4. The molecule has 0 aliphatic rings. The molecule has 0 atom stereocenters. The maximum atomic E-state index is 11.8. The van der Waals surface area contributed by atoms with E-state index >= 15 is 0 Å². The molecule has 2 heterocycles. The number of aromatic nitrogens is 3. The van der Waals surface area contributed by atoms with Crippen molar-refractivity contribution >= 4 is 28.8 Å². The number of hydrogen-bond donors (Lipinski definition) is 2. The van der Waals surface area contributed by atoms with Gasteiger partial charge >= 0.3 is 6.09 Å². The molecule has 0 unspecified atom stereocenters. The van der Waals surface area contributed by atoms with Crippen LogP contribution in [0.1, 0.15) is 30.4 Å². The van der Waals surface area contributed by atoms with E-state index in [1.165, 1.54) is 5.56 Å². The van der Waals surface area contributed by atoms with Gasteiger partial charge in [0.05, 0.1) is 18.6 Å². The van der Waals surface area contributed by atoms with Crippen LogP contribution in [0.3, 0.4) is 0 Å². The molecule has 0 aliphatic carbocycles. The predicted octanol–water partition coefficient (Wildman–Crippen LogP) is 3.48. The molecule has 0 saturated carbocycles. The van der Waals surface area contributed by atoms with E-state index in [4.69, 9.17) is 10.5 Å². The summed E-state index contributed by atoms with van der Waals surface area (Å²) in [6.07, 6.45) is 4.08. The van der Waals surface area contributed by atoms with Crippen molar-refractivity contribution in [3.05, 3.63) is 47.8 Å². The smallest absolute Gasteiger partial charge is 0.407 e. The molecular formula is C22H30N6O2. The van der Waals surface area contributed by atoms with Crippen LogP contribution in [0.25, 0.3) is 11.2 Å². The van der Waals surface area contributed by atoms with E-state index < -0.39 is 0 Å². The Bertz CT molecular complexity index is 981. The molecule has 2 aromatic heterocycles. The van der Waals surface area contributed by atoms with Crippen LogP contribution in [0.2, 0.25) is 0 Å². The predicted molar refractivity (Wildman–Crippen MR) is 119 cm³/mol. The number of amides is 1. The summed E-state index contributed by atoms with van der Waals surface area (Å²) in [6, 6.07) is 9.88. The van der Waals surface area contributed by atoms with Crippen molar-refractivity contribution in [1.29, 1.82) is 0 Å². The number of carbonyl (C=O) groups excluding carboxylic acids is 1. The molecule has 0 spiro atoms. The van der Waals surface area contributed by atoms with Gasteiger partial charge in [0.1, 0.15) is 11.3 Å². The third-order valence-corrected chi connectivity index (χ3v) is 4.88. The Morgan fingerprint density at radius 1 is 1.20 bits per heavy atom. The minimum Gasteiger partial charge on any atom is -0.450 e. The number of ether oxygens (including phenoxy) is 1. The van der Waals surface area contributed by atoms with Crippen LogP contribution in [-0.4, -0.2) is 41.3 Å². The number of rotatable bonds is 9. The zero-order valence-electron chi connectivity index (χ0n) is 17.9. The molecule has 1 aromatic carbocycles. The standard InChI is InChI=1S/C22H30N6O2/c1-16-7-9-17(10-8-16)14-24-22(29)30-12-6-4-5-11-28-15-25-20-18(23)13-19(27(2)3)26-21(20)28/h7-10,13,15H,4-6,11-12,14H2,1-3H3,(H2,23,26)(H,24,29). The number of fused-ring (bicyclic) bond motifs is 1. The van der Waals surface area contributed by atoms with Gasteiger partial charge in [-0.2, -0.15) is 0 Å². The Morgan fingerprint density at radius 3 is 2.70 bits per heavy atom. The minimum atomic E-state index is -0.382. The van der Waals surface area contributed by atoms with E-state index in [0.29, 0.717) is 18.8 Å². The average Bonchev–Trinajstić information content (AvgIpc) is 3.13. The maximum Gasteiger partial charge on any atom is 0.407 e. The number of nitrogens with one attached hydrogen (secondary N) is 1. The fourth-order valence-electron chi connectivity index (χ4n) is 3.09. The maximum absolute atomic E-state index is 11.8. The second kappa shape index (κ2) is 9.96. The number of benzene rings is 1. The van der Waals surface area contributed by atoms with Crippen LogP contribution in [0.4, 0.5) is 16.3 Å². The third kappa shape index (κ3) is 5.62. The summed E-state index contributed by atoms with van der Waals surface area (Å²) in [5.41, 5.74) is 10.5. The fourth-order valence-corrected chi connectivity index (χ4v) is 3.09. The number of imidazole rings is 1. The zero-order chi connectivity index (χ0) is 21.5. The summed E-state index contributed by atoms with van der Waals surface area (Å²) >= 11 is 0. The van der Waals surface area contributed by atoms with Crippen LogP contribution < -0.4 is 16.0 Å². The quantitative estimate of drug-likeness (QED) is 0.524. The van der Waals surface area contributed by atoms with Gasteiger partial charge < -0.3 is 25.3 Å². The second-order valence-electron chi connectivity index (χ2n) is 7.61. The van der Waals surface area contributed by atoms with Gasteiger partial charge in [0.15, 0.2) is 5.65 Å². The molecule has 0 fully saturated rings. The van der Waals surface area contributed by atoms with Crippen LogP contribution in [-0.2, 0) is 17.8 Å². The zero-order valence-corrected chi connectivity index (χ0v) is 17.9. The number of anilines is 2. The van der Waals surface area contributed by atoms with E-state index in [1.807, 2.05) is 60.8 Å². The van der Waals surface area contributed by atoms with Gasteiger partial charge in [-0.15, -0.1) is 0 Å². The molecule has 8 heteroatoms. The van der Waals surface area contributed by atoms with Crippen LogP contribution >= 0.6 is 0 Å². The monoisotopic (exact) mass is 410 g/mol. The van der Waals surface area contributed by atoms with Gasteiger partial charge in [-0.3, -0.25) is 0 Å². The Hall–Kier alpha value is -3.29. The van der Waals surface area contributed by atoms with E-state index in [-0.39, 0.29) is 6.09 Å². The van der Waals surface area contributed by atoms with E-state index in [2.05, 4.69) is 15.3 Å². The number of alkyl carbamates (subject to hydrolysis) is 1. The van der Waals surface area contributed by atoms with E-state index in [1.54, 1.807) is 6.33 Å². The van der Waals surface area contributed by atoms with Crippen LogP contribution in [0, 0.1) is 6.92 Å². The van der Waals surface area contributed by atoms with E-state index in [9.17, 15) is 4.79 Å². The van der Waals surface area contributed by atoms with Crippen molar-refractivity contribution in [2.45, 2.75) is 39.3 Å². The number of nitrogen functional groups attached to an aromatic ring is 1. The summed E-state index contributed by atoms with van der Waals surface area (Å²) in [6.45, 7) is 3.70. The molecule has 0 aliphatic heterocycles. The first-order valence-electron chi connectivity index (χ1n) is 10.2. The minimum absolute atomic E-state index is 0.382. The second-order valence-corrected chi connectivity index (χ2v) is 7.61. The molecule has 1 amide bonds. The van der Waals surface area contributed by atoms with Gasteiger partial charge in [0.25, 0.3) is 0 Å². The topological polar surface area (TPSA) is 98.3 Å². The highest BCUT2D eigenvalue weighted by atomic mass is 16.5. The number of hydrogen-bond acceptors (Lipinski definition) is 6. The molecule has 3 rings (SSSR count). The Balaban J connectivity index is 1.37. The summed E-state index contributed by atoms with van der Waals surface area (Å²) in [5.74, 6) is 0.812. The highest BCUT2D eigenvalue weighted by Gasteiger charge is 2.10. The number of nitrogens with two attached hydrogens (primary N) is 1. The summed E-state index contributed by atoms with van der Waals surface area (Å²) in [5, 5.41) is 2.77. The normalized spacial score (nSPS) is 10.9. The molecule has 8 nitrogen and oxygen atoms in total.